The fraction of sp³-hybridized carbons (Fsp3) is 0.222. The Balaban J connectivity index is 3.07. The molecule has 14 heavy (non-hydrogen) atoms. The van der Waals surface area contributed by atoms with Crippen molar-refractivity contribution in [3.8, 4) is 0 Å². The van der Waals surface area contributed by atoms with E-state index >= 15 is 0 Å². The fourth-order valence-corrected chi connectivity index (χ4v) is 2.00. The molecule has 0 aliphatic rings. The average Bonchev–Trinajstić information content (AvgIpc) is 2.16. The van der Waals surface area contributed by atoms with Gasteiger partial charge in [0, 0.05) is 16.2 Å². The third-order valence-corrected chi connectivity index (χ3v) is 2.84. The molecule has 1 aromatic rings. The summed E-state index contributed by atoms with van der Waals surface area (Å²) in [5, 5.41) is 8.74. The van der Waals surface area contributed by atoms with E-state index in [2.05, 4.69) is 22.6 Å². The lowest BCUT2D eigenvalue weighted by atomic mass is 10.1. The first-order valence-corrected chi connectivity index (χ1v) is 5.12. The molecule has 76 valence electrons. The van der Waals surface area contributed by atoms with E-state index in [4.69, 9.17) is 16.6 Å². The molecule has 4 nitrogen and oxygen atoms in total. The van der Waals surface area contributed by atoms with Crippen LogP contribution < -0.4 is 11.5 Å². The Labute approximate surface area is 95.4 Å². The van der Waals surface area contributed by atoms with Gasteiger partial charge in [-0.1, -0.05) is 6.07 Å². The number of aromatic carboxylic acids is 1. The van der Waals surface area contributed by atoms with Crippen molar-refractivity contribution in [3.63, 3.8) is 0 Å². The van der Waals surface area contributed by atoms with Gasteiger partial charge in [0.15, 0.2) is 0 Å². The quantitative estimate of drug-likeness (QED) is 0.725. The Bertz CT molecular complexity index is 355. The molecule has 1 atom stereocenters. The molecule has 0 amide bonds. The topological polar surface area (TPSA) is 89.3 Å². The molecule has 5 N–H and O–H groups in total. The van der Waals surface area contributed by atoms with E-state index in [1.54, 1.807) is 12.1 Å². The summed E-state index contributed by atoms with van der Waals surface area (Å²) < 4.78 is 0.834. The summed E-state index contributed by atoms with van der Waals surface area (Å²) in [5.41, 5.74) is 12.3. The maximum atomic E-state index is 10.6. The lowest BCUT2D eigenvalue weighted by Crippen LogP contribution is -2.21. The molecule has 0 aliphatic carbocycles. The molecule has 0 aliphatic heterocycles. The van der Waals surface area contributed by atoms with Crippen molar-refractivity contribution in [3.05, 3.63) is 32.9 Å². The minimum Gasteiger partial charge on any atom is -0.478 e. The molecule has 0 saturated carbocycles. The molecule has 1 aromatic carbocycles. The fourth-order valence-electron chi connectivity index (χ4n) is 1.09. The van der Waals surface area contributed by atoms with E-state index in [9.17, 15) is 4.79 Å². The number of benzene rings is 1. The van der Waals surface area contributed by atoms with Gasteiger partial charge in [0.05, 0.1) is 5.56 Å². The van der Waals surface area contributed by atoms with Crippen LogP contribution in [-0.4, -0.2) is 17.6 Å². The van der Waals surface area contributed by atoms with Gasteiger partial charge in [-0.2, -0.15) is 0 Å². The van der Waals surface area contributed by atoms with Crippen molar-refractivity contribution in [2.24, 2.45) is 11.5 Å². The molecule has 0 aromatic heterocycles. The van der Waals surface area contributed by atoms with Gasteiger partial charge in [0.1, 0.15) is 0 Å². The predicted molar refractivity (Wildman–Crippen MR) is 62.1 cm³/mol. The molecular formula is C9H11IN2O2. The monoisotopic (exact) mass is 306 g/mol. The number of carboxylic acid groups (broad SMARTS) is 1. The largest absolute Gasteiger partial charge is 0.478 e. The zero-order valence-electron chi connectivity index (χ0n) is 7.40. The summed E-state index contributed by atoms with van der Waals surface area (Å²) in [6.07, 6.45) is 0. The van der Waals surface area contributed by atoms with Crippen molar-refractivity contribution in [2.45, 2.75) is 6.04 Å². The van der Waals surface area contributed by atoms with Crippen LogP contribution in [0.1, 0.15) is 22.0 Å². The number of nitrogens with two attached hydrogens (primary N) is 2. The first-order valence-electron chi connectivity index (χ1n) is 4.04. The summed E-state index contributed by atoms with van der Waals surface area (Å²) >= 11 is 2.06. The van der Waals surface area contributed by atoms with Crippen LogP contribution in [0.2, 0.25) is 0 Å². The molecule has 0 fully saturated rings. The van der Waals surface area contributed by atoms with Gasteiger partial charge >= 0.3 is 5.97 Å². The summed E-state index contributed by atoms with van der Waals surface area (Å²) in [4.78, 5) is 10.6. The second-order valence-electron chi connectivity index (χ2n) is 2.88. The van der Waals surface area contributed by atoms with Crippen molar-refractivity contribution in [2.75, 3.05) is 6.54 Å². The van der Waals surface area contributed by atoms with E-state index in [1.165, 1.54) is 6.07 Å². The third-order valence-electron chi connectivity index (χ3n) is 1.90. The standard InChI is InChI=1S/C9H11IN2O2/c10-7-3-5(9(13)14)1-2-6(7)8(12)4-11/h1-3,8H,4,11-12H2,(H,13,14)/t8-/m1/s1. The van der Waals surface area contributed by atoms with Crippen molar-refractivity contribution in [1.82, 2.24) is 0 Å². The minimum absolute atomic E-state index is 0.232. The maximum Gasteiger partial charge on any atom is 0.335 e. The SMILES string of the molecule is NC[C@@H](N)c1ccc(C(=O)O)cc1I. The highest BCUT2D eigenvalue weighted by Gasteiger charge is 2.10. The zero-order valence-corrected chi connectivity index (χ0v) is 9.56. The van der Waals surface area contributed by atoms with Crippen LogP contribution in [0.5, 0.6) is 0 Å². The minimum atomic E-state index is -0.934. The first kappa shape index (κ1) is 11.4. The Hall–Kier alpha value is -0.660. The van der Waals surface area contributed by atoms with Gasteiger partial charge in [-0.05, 0) is 40.3 Å². The predicted octanol–water partition coefficient (Wildman–Crippen LogP) is 0.948. The van der Waals surface area contributed by atoms with Gasteiger partial charge in [0.25, 0.3) is 0 Å². The van der Waals surface area contributed by atoms with Crippen LogP contribution in [0.15, 0.2) is 18.2 Å². The number of carbonyl (C=O) groups is 1. The first-order chi connectivity index (χ1) is 6.56. The smallest absolute Gasteiger partial charge is 0.335 e. The van der Waals surface area contributed by atoms with Crippen LogP contribution in [0.25, 0.3) is 0 Å². The van der Waals surface area contributed by atoms with E-state index in [-0.39, 0.29) is 11.6 Å². The summed E-state index contributed by atoms with van der Waals surface area (Å²) in [5.74, 6) is -0.934. The van der Waals surface area contributed by atoms with Crippen LogP contribution in [0, 0.1) is 3.57 Å². The van der Waals surface area contributed by atoms with Crippen LogP contribution in [-0.2, 0) is 0 Å². The van der Waals surface area contributed by atoms with Gasteiger partial charge < -0.3 is 16.6 Å². The van der Waals surface area contributed by atoms with Gasteiger partial charge in [-0.25, -0.2) is 4.79 Å². The van der Waals surface area contributed by atoms with E-state index in [0.717, 1.165) is 9.13 Å². The lowest BCUT2D eigenvalue weighted by Gasteiger charge is -2.11. The summed E-state index contributed by atoms with van der Waals surface area (Å²) in [6, 6.07) is 4.61. The number of rotatable bonds is 3. The number of carboxylic acids is 1. The van der Waals surface area contributed by atoms with Crippen molar-refractivity contribution in [1.29, 1.82) is 0 Å². The number of halogens is 1. The zero-order chi connectivity index (χ0) is 10.7. The molecule has 0 heterocycles. The second kappa shape index (κ2) is 4.72. The second-order valence-corrected chi connectivity index (χ2v) is 4.05. The van der Waals surface area contributed by atoms with Crippen LogP contribution in [0.4, 0.5) is 0 Å². The summed E-state index contributed by atoms with van der Waals surface area (Å²) in [6.45, 7) is 0.350. The molecule has 0 bridgehead atoms. The van der Waals surface area contributed by atoms with Gasteiger partial charge in [-0.15, -0.1) is 0 Å². The van der Waals surface area contributed by atoms with Crippen LogP contribution >= 0.6 is 22.6 Å². The van der Waals surface area contributed by atoms with E-state index in [1.807, 2.05) is 0 Å². The Morgan fingerprint density at radius 2 is 2.21 bits per heavy atom. The van der Waals surface area contributed by atoms with Crippen molar-refractivity contribution < 1.29 is 9.90 Å². The third kappa shape index (κ3) is 2.43. The molecule has 0 spiro atoms. The normalized spacial score (nSPS) is 12.5. The maximum absolute atomic E-state index is 10.6. The summed E-state index contributed by atoms with van der Waals surface area (Å²) in [7, 11) is 0. The van der Waals surface area contributed by atoms with Gasteiger partial charge in [-0.3, -0.25) is 0 Å². The molecule has 0 saturated heterocycles. The Morgan fingerprint density at radius 3 is 2.64 bits per heavy atom. The highest BCUT2D eigenvalue weighted by molar-refractivity contribution is 14.1. The van der Waals surface area contributed by atoms with E-state index in [0.29, 0.717) is 6.54 Å². The Morgan fingerprint density at radius 1 is 1.57 bits per heavy atom. The highest BCUT2D eigenvalue weighted by Crippen LogP contribution is 2.19. The van der Waals surface area contributed by atoms with Crippen LogP contribution in [0.3, 0.4) is 0 Å². The Kier molecular flexibility index (Phi) is 3.85. The molecule has 0 radical (unpaired) electrons. The lowest BCUT2D eigenvalue weighted by molar-refractivity contribution is 0.0697. The molecule has 5 heteroatoms. The molecular weight excluding hydrogens is 295 g/mol. The molecule has 1 rings (SSSR count). The molecule has 0 unspecified atom stereocenters. The average molecular weight is 306 g/mol. The van der Waals surface area contributed by atoms with Crippen molar-refractivity contribution >= 4 is 28.6 Å². The van der Waals surface area contributed by atoms with Gasteiger partial charge in [0.2, 0.25) is 0 Å². The van der Waals surface area contributed by atoms with E-state index < -0.39 is 5.97 Å². The highest BCUT2D eigenvalue weighted by atomic mass is 127. The number of hydrogen-bond acceptors (Lipinski definition) is 3. The number of hydrogen-bond donors (Lipinski definition) is 3.